The maximum Gasteiger partial charge on any atom is 0.264 e. The molecule has 116 valence electrons. The molecule has 4 nitrogen and oxygen atoms in total. The van der Waals surface area contributed by atoms with Gasteiger partial charge < -0.3 is 5.32 Å². The smallest absolute Gasteiger partial charge is 0.264 e. The highest BCUT2D eigenvalue weighted by atomic mass is 35.7. The van der Waals surface area contributed by atoms with E-state index in [2.05, 4.69) is 5.32 Å². The van der Waals surface area contributed by atoms with Gasteiger partial charge in [-0.05, 0) is 31.9 Å². The molecule has 21 heavy (non-hydrogen) atoms. The van der Waals surface area contributed by atoms with Crippen LogP contribution in [-0.2, 0) is 9.05 Å². The third-order valence-corrected chi connectivity index (χ3v) is 4.95. The quantitative estimate of drug-likeness (QED) is 0.862. The van der Waals surface area contributed by atoms with Crippen molar-refractivity contribution in [1.29, 1.82) is 0 Å². The van der Waals surface area contributed by atoms with Crippen molar-refractivity contribution in [2.24, 2.45) is 0 Å². The average molecular weight is 338 g/mol. The molecule has 2 rings (SSSR count). The lowest BCUT2D eigenvalue weighted by Gasteiger charge is -2.25. The van der Waals surface area contributed by atoms with Crippen molar-refractivity contribution < 1.29 is 22.0 Å². The van der Waals surface area contributed by atoms with E-state index in [0.717, 1.165) is 25.7 Å². The normalized spacial score (nSPS) is 17.7. The van der Waals surface area contributed by atoms with Crippen LogP contribution in [0, 0.1) is 11.6 Å². The lowest BCUT2D eigenvalue weighted by molar-refractivity contribution is 0.0903. The summed E-state index contributed by atoms with van der Waals surface area (Å²) in [6.07, 6.45) is 3.33. The van der Waals surface area contributed by atoms with Crippen LogP contribution in [0.3, 0.4) is 0 Å². The summed E-state index contributed by atoms with van der Waals surface area (Å²) in [4.78, 5) is 11.1. The van der Waals surface area contributed by atoms with E-state index in [0.29, 0.717) is 12.1 Å². The van der Waals surface area contributed by atoms with Crippen molar-refractivity contribution in [1.82, 2.24) is 5.32 Å². The number of nitrogens with one attached hydrogen (secondary N) is 1. The minimum atomic E-state index is -4.48. The van der Waals surface area contributed by atoms with Crippen LogP contribution in [0.5, 0.6) is 0 Å². The zero-order valence-corrected chi connectivity index (χ0v) is 12.8. The number of benzene rings is 1. The van der Waals surface area contributed by atoms with Gasteiger partial charge in [0.15, 0.2) is 5.82 Å². The van der Waals surface area contributed by atoms with Crippen molar-refractivity contribution in [3.63, 3.8) is 0 Å². The van der Waals surface area contributed by atoms with E-state index >= 15 is 0 Å². The highest BCUT2D eigenvalue weighted by molar-refractivity contribution is 8.13. The van der Waals surface area contributed by atoms with Gasteiger partial charge in [0.05, 0.1) is 5.56 Å². The Bertz CT molecular complexity index is 685. The van der Waals surface area contributed by atoms with Crippen molar-refractivity contribution >= 4 is 25.6 Å². The fourth-order valence-electron chi connectivity index (χ4n) is 2.53. The molecule has 0 saturated heterocycles. The Kier molecular flexibility index (Phi) is 4.26. The number of amides is 1. The van der Waals surface area contributed by atoms with Crippen LogP contribution in [0.4, 0.5) is 8.78 Å². The number of hydrogen-bond donors (Lipinski definition) is 1. The Morgan fingerprint density at radius 1 is 1.29 bits per heavy atom. The first-order chi connectivity index (χ1) is 9.62. The van der Waals surface area contributed by atoms with Crippen LogP contribution in [-0.4, -0.2) is 19.9 Å². The lowest BCUT2D eigenvalue weighted by atomic mass is 10.00. The molecule has 1 amide bonds. The fourth-order valence-corrected chi connectivity index (χ4v) is 3.44. The summed E-state index contributed by atoms with van der Waals surface area (Å²) >= 11 is 0. The SMILES string of the molecule is CC1(NC(=O)c2cc(F)cc(S(=O)(=O)Cl)c2F)CCCC1. The third kappa shape index (κ3) is 3.52. The summed E-state index contributed by atoms with van der Waals surface area (Å²) in [5.41, 5.74) is -1.15. The molecule has 1 fully saturated rings. The van der Waals surface area contributed by atoms with Gasteiger partial charge in [0.2, 0.25) is 0 Å². The molecule has 1 aliphatic rings. The molecule has 0 atom stereocenters. The average Bonchev–Trinajstić information content (AvgIpc) is 2.76. The minimum absolute atomic E-state index is 0.450. The largest absolute Gasteiger partial charge is 0.347 e. The van der Waals surface area contributed by atoms with Crippen molar-refractivity contribution in [2.75, 3.05) is 0 Å². The molecule has 1 N–H and O–H groups in total. The zero-order chi connectivity index (χ0) is 15.8. The van der Waals surface area contributed by atoms with Gasteiger partial charge in [-0.1, -0.05) is 12.8 Å². The Morgan fingerprint density at radius 2 is 1.86 bits per heavy atom. The molecule has 1 saturated carbocycles. The van der Waals surface area contributed by atoms with Crippen LogP contribution in [0.15, 0.2) is 17.0 Å². The van der Waals surface area contributed by atoms with Gasteiger partial charge in [0, 0.05) is 16.2 Å². The van der Waals surface area contributed by atoms with Crippen LogP contribution < -0.4 is 5.32 Å². The monoisotopic (exact) mass is 337 g/mol. The van der Waals surface area contributed by atoms with E-state index in [1.165, 1.54) is 0 Å². The van der Waals surface area contributed by atoms with Gasteiger partial charge in [-0.2, -0.15) is 0 Å². The number of rotatable bonds is 3. The summed E-state index contributed by atoms with van der Waals surface area (Å²) < 4.78 is 50.0. The Hall–Kier alpha value is -1.21. The third-order valence-electron chi connectivity index (χ3n) is 3.63. The van der Waals surface area contributed by atoms with Crippen LogP contribution >= 0.6 is 10.7 Å². The van der Waals surface area contributed by atoms with E-state index in [1.807, 2.05) is 6.92 Å². The second-order valence-electron chi connectivity index (χ2n) is 5.43. The van der Waals surface area contributed by atoms with E-state index in [-0.39, 0.29) is 0 Å². The van der Waals surface area contributed by atoms with Gasteiger partial charge in [-0.25, -0.2) is 17.2 Å². The first-order valence-corrected chi connectivity index (χ1v) is 8.69. The Morgan fingerprint density at radius 3 is 2.38 bits per heavy atom. The van der Waals surface area contributed by atoms with Gasteiger partial charge in [-0.15, -0.1) is 0 Å². The van der Waals surface area contributed by atoms with Gasteiger partial charge in [0.1, 0.15) is 10.7 Å². The molecule has 0 aliphatic heterocycles. The van der Waals surface area contributed by atoms with E-state index < -0.39 is 42.6 Å². The molecule has 0 spiro atoms. The topological polar surface area (TPSA) is 63.2 Å². The van der Waals surface area contributed by atoms with Gasteiger partial charge in [0.25, 0.3) is 15.0 Å². The molecule has 8 heteroatoms. The fraction of sp³-hybridized carbons (Fsp3) is 0.462. The maximum atomic E-state index is 14.1. The van der Waals surface area contributed by atoms with Gasteiger partial charge in [-0.3, -0.25) is 4.79 Å². The number of hydrogen-bond acceptors (Lipinski definition) is 3. The van der Waals surface area contributed by atoms with Crippen molar-refractivity contribution in [3.05, 3.63) is 29.3 Å². The Labute approximate surface area is 125 Å². The number of carbonyl (C=O) groups is 1. The highest BCUT2D eigenvalue weighted by Crippen LogP contribution is 2.30. The highest BCUT2D eigenvalue weighted by Gasteiger charge is 2.32. The van der Waals surface area contributed by atoms with E-state index in [1.54, 1.807) is 0 Å². The van der Waals surface area contributed by atoms with Crippen molar-refractivity contribution in [3.8, 4) is 0 Å². The van der Waals surface area contributed by atoms with E-state index in [4.69, 9.17) is 10.7 Å². The standard InChI is InChI=1S/C13H14ClF2NO3S/c1-13(4-2-3-5-13)17-12(18)9-6-8(15)7-10(11(9)16)21(14,19)20/h6-7H,2-5H2,1H3,(H,17,18). The second kappa shape index (κ2) is 5.53. The second-order valence-corrected chi connectivity index (χ2v) is 7.96. The van der Waals surface area contributed by atoms with E-state index in [9.17, 15) is 22.0 Å². The summed E-state index contributed by atoms with van der Waals surface area (Å²) in [6.45, 7) is 1.81. The summed E-state index contributed by atoms with van der Waals surface area (Å²) in [6, 6.07) is 1.11. The minimum Gasteiger partial charge on any atom is -0.347 e. The summed E-state index contributed by atoms with van der Waals surface area (Å²) in [7, 11) is 0.567. The summed E-state index contributed by atoms with van der Waals surface area (Å²) in [5.74, 6) is -3.24. The molecule has 1 aliphatic carbocycles. The first kappa shape index (κ1) is 16.2. The number of halogens is 3. The number of carbonyl (C=O) groups excluding carboxylic acids is 1. The molecule has 0 heterocycles. The molecular formula is C13H14ClF2NO3S. The van der Waals surface area contributed by atoms with Crippen molar-refractivity contribution in [2.45, 2.75) is 43.0 Å². The Balaban J connectivity index is 2.40. The van der Waals surface area contributed by atoms with Crippen LogP contribution in [0.25, 0.3) is 0 Å². The molecule has 0 unspecified atom stereocenters. The van der Waals surface area contributed by atoms with Crippen LogP contribution in [0.1, 0.15) is 43.0 Å². The maximum absolute atomic E-state index is 14.1. The zero-order valence-electron chi connectivity index (χ0n) is 11.3. The molecule has 1 aromatic rings. The predicted octanol–water partition coefficient (Wildman–Crippen LogP) is 2.95. The first-order valence-electron chi connectivity index (χ1n) is 6.39. The molecule has 1 aromatic carbocycles. The molecule has 0 bridgehead atoms. The van der Waals surface area contributed by atoms with Crippen LogP contribution in [0.2, 0.25) is 0 Å². The summed E-state index contributed by atoms with van der Waals surface area (Å²) in [5, 5.41) is 2.63. The molecular weight excluding hydrogens is 324 g/mol. The predicted molar refractivity (Wildman–Crippen MR) is 73.7 cm³/mol. The molecule has 0 aromatic heterocycles. The van der Waals surface area contributed by atoms with Gasteiger partial charge >= 0.3 is 0 Å². The lowest BCUT2D eigenvalue weighted by Crippen LogP contribution is -2.44. The molecule has 0 radical (unpaired) electrons.